The molecule has 0 spiro atoms. The number of rotatable bonds is 3. The highest BCUT2D eigenvalue weighted by atomic mass is 32.2. The standard InChI is InChI=1S/C13H19N3O4S/c1-8-14-13(20-15-8)12-7-19-6-9-4-16(5-11(9)12)21(17,18)10-2-3-10/h9-12H,2-7H2,1H3/t9-,11-,12+/m1/s1. The summed E-state index contributed by atoms with van der Waals surface area (Å²) in [7, 11) is -3.11. The van der Waals surface area contributed by atoms with Crippen LogP contribution in [0.15, 0.2) is 4.52 Å². The van der Waals surface area contributed by atoms with Crippen LogP contribution >= 0.6 is 0 Å². The van der Waals surface area contributed by atoms with Crippen LogP contribution < -0.4 is 0 Å². The Morgan fingerprint density at radius 3 is 2.71 bits per heavy atom. The lowest BCUT2D eigenvalue weighted by Gasteiger charge is -2.30. The van der Waals surface area contributed by atoms with Crippen molar-refractivity contribution in [3.8, 4) is 0 Å². The molecule has 0 unspecified atom stereocenters. The van der Waals surface area contributed by atoms with Gasteiger partial charge in [0.1, 0.15) is 0 Å². The first kappa shape index (κ1) is 13.7. The molecule has 3 fully saturated rings. The number of ether oxygens (including phenoxy) is 1. The Hall–Kier alpha value is -0.990. The second kappa shape index (κ2) is 4.76. The first-order chi connectivity index (χ1) is 10.1. The minimum Gasteiger partial charge on any atom is -0.380 e. The summed E-state index contributed by atoms with van der Waals surface area (Å²) < 4.78 is 37.4. The molecule has 21 heavy (non-hydrogen) atoms. The van der Waals surface area contributed by atoms with E-state index in [2.05, 4.69) is 10.1 Å². The monoisotopic (exact) mass is 313 g/mol. The molecule has 2 saturated heterocycles. The Labute approximate surface area is 123 Å². The van der Waals surface area contributed by atoms with Crippen LogP contribution in [-0.4, -0.2) is 54.4 Å². The van der Waals surface area contributed by atoms with E-state index in [1.807, 2.05) is 0 Å². The minimum atomic E-state index is -3.11. The second-order valence-corrected chi connectivity index (χ2v) is 8.52. The highest BCUT2D eigenvalue weighted by molar-refractivity contribution is 7.90. The average Bonchev–Trinajstić information content (AvgIpc) is 3.09. The summed E-state index contributed by atoms with van der Waals surface area (Å²) in [5.74, 6) is 1.63. The smallest absolute Gasteiger partial charge is 0.232 e. The van der Waals surface area contributed by atoms with Crippen molar-refractivity contribution in [2.75, 3.05) is 26.3 Å². The van der Waals surface area contributed by atoms with Crippen molar-refractivity contribution < 1.29 is 17.7 Å². The number of sulfonamides is 1. The van der Waals surface area contributed by atoms with E-state index < -0.39 is 10.0 Å². The van der Waals surface area contributed by atoms with Gasteiger partial charge in [-0.2, -0.15) is 4.98 Å². The third-order valence-electron chi connectivity index (χ3n) is 4.77. The molecule has 0 amide bonds. The van der Waals surface area contributed by atoms with Gasteiger partial charge in [0.15, 0.2) is 5.82 Å². The van der Waals surface area contributed by atoms with Gasteiger partial charge < -0.3 is 9.26 Å². The van der Waals surface area contributed by atoms with Gasteiger partial charge in [-0.25, -0.2) is 12.7 Å². The molecule has 1 aliphatic carbocycles. The number of aromatic nitrogens is 2. The minimum absolute atomic E-state index is 0.00403. The zero-order valence-corrected chi connectivity index (χ0v) is 12.8. The van der Waals surface area contributed by atoms with Crippen molar-refractivity contribution in [3.63, 3.8) is 0 Å². The van der Waals surface area contributed by atoms with Crippen molar-refractivity contribution in [3.05, 3.63) is 11.7 Å². The van der Waals surface area contributed by atoms with Crippen molar-refractivity contribution in [2.45, 2.75) is 30.9 Å². The largest absolute Gasteiger partial charge is 0.380 e. The van der Waals surface area contributed by atoms with Crippen LogP contribution in [0.3, 0.4) is 0 Å². The van der Waals surface area contributed by atoms with E-state index in [-0.39, 0.29) is 23.0 Å². The van der Waals surface area contributed by atoms with Crippen molar-refractivity contribution in [1.82, 2.24) is 14.4 Å². The Morgan fingerprint density at radius 2 is 2.05 bits per heavy atom. The number of hydrogen-bond donors (Lipinski definition) is 0. The highest BCUT2D eigenvalue weighted by Crippen LogP contribution is 2.42. The number of fused-ring (bicyclic) bond motifs is 1. The summed E-state index contributed by atoms with van der Waals surface area (Å²) in [5, 5.41) is 3.69. The molecule has 8 heteroatoms. The topological polar surface area (TPSA) is 85.5 Å². The molecular formula is C13H19N3O4S. The second-order valence-electron chi connectivity index (χ2n) is 6.31. The molecule has 0 aromatic carbocycles. The average molecular weight is 313 g/mol. The van der Waals surface area contributed by atoms with E-state index in [4.69, 9.17) is 9.26 Å². The fourth-order valence-corrected chi connectivity index (χ4v) is 5.39. The maximum Gasteiger partial charge on any atom is 0.232 e. The van der Waals surface area contributed by atoms with Gasteiger partial charge >= 0.3 is 0 Å². The first-order valence-electron chi connectivity index (χ1n) is 7.42. The molecule has 1 aromatic rings. The van der Waals surface area contributed by atoms with Gasteiger partial charge in [-0.1, -0.05) is 5.16 Å². The molecule has 0 bridgehead atoms. The lowest BCUT2D eigenvalue weighted by molar-refractivity contribution is 0.00994. The third kappa shape index (κ3) is 2.29. The van der Waals surface area contributed by atoms with E-state index in [1.165, 1.54) is 0 Å². The SMILES string of the molecule is Cc1noc([C@H]2COC[C@H]3CN(S(=O)(=O)C4CC4)C[C@H]32)n1. The van der Waals surface area contributed by atoms with Crippen LogP contribution in [0.25, 0.3) is 0 Å². The van der Waals surface area contributed by atoms with Crippen LogP contribution in [0.1, 0.15) is 30.5 Å². The van der Waals surface area contributed by atoms with E-state index in [0.29, 0.717) is 38.0 Å². The lowest BCUT2D eigenvalue weighted by atomic mass is 9.83. The molecule has 4 rings (SSSR count). The molecule has 1 aromatic heterocycles. The van der Waals surface area contributed by atoms with Crippen LogP contribution in [0.4, 0.5) is 0 Å². The summed E-state index contributed by atoms with van der Waals surface area (Å²) in [6.07, 6.45) is 1.61. The Bertz CT molecular complexity index is 640. The number of aryl methyl sites for hydroxylation is 1. The van der Waals surface area contributed by atoms with Gasteiger partial charge in [0, 0.05) is 19.0 Å². The molecule has 116 valence electrons. The maximum absolute atomic E-state index is 12.4. The quantitative estimate of drug-likeness (QED) is 0.809. The molecule has 1 saturated carbocycles. The molecule has 3 heterocycles. The van der Waals surface area contributed by atoms with Crippen LogP contribution in [0.2, 0.25) is 0 Å². The lowest BCUT2D eigenvalue weighted by Crippen LogP contribution is -2.33. The van der Waals surface area contributed by atoms with E-state index >= 15 is 0 Å². The first-order valence-corrected chi connectivity index (χ1v) is 8.93. The summed E-state index contributed by atoms with van der Waals surface area (Å²) in [4.78, 5) is 4.30. The van der Waals surface area contributed by atoms with Gasteiger partial charge in [0.2, 0.25) is 15.9 Å². The Morgan fingerprint density at radius 1 is 1.24 bits per heavy atom. The normalized spacial score (nSPS) is 34.0. The van der Waals surface area contributed by atoms with E-state index in [0.717, 1.165) is 12.8 Å². The fraction of sp³-hybridized carbons (Fsp3) is 0.846. The van der Waals surface area contributed by atoms with Crippen molar-refractivity contribution in [2.24, 2.45) is 11.8 Å². The summed E-state index contributed by atoms with van der Waals surface area (Å²) >= 11 is 0. The van der Waals surface area contributed by atoms with E-state index in [9.17, 15) is 8.42 Å². The van der Waals surface area contributed by atoms with Crippen molar-refractivity contribution >= 4 is 10.0 Å². The summed E-state index contributed by atoms with van der Waals surface area (Å²) in [5.41, 5.74) is 0. The highest BCUT2D eigenvalue weighted by Gasteiger charge is 2.50. The van der Waals surface area contributed by atoms with Crippen LogP contribution in [-0.2, 0) is 14.8 Å². The molecule has 3 atom stereocenters. The maximum atomic E-state index is 12.4. The molecular weight excluding hydrogens is 294 g/mol. The Kier molecular flexibility index (Phi) is 3.09. The fourth-order valence-electron chi connectivity index (χ4n) is 3.46. The molecule has 0 radical (unpaired) electrons. The number of hydrogen-bond acceptors (Lipinski definition) is 6. The zero-order chi connectivity index (χ0) is 14.6. The zero-order valence-electron chi connectivity index (χ0n) is 11.9. The van der Waals surface area contributed by atoms with Crippen molar-refractivity contribution in [1.29, 1.82) is 0 Å². The molecule has 3 aliphatic rings. The van der Waals surface area contributed by atoms with Gasteiger partial charge in [0.05, 0.1) is 24.4 Å². The van der Waals surface area contributed by atoms with Gasteiger partial charge in [-0.15, -0.1) is 0 Å². The molecule has 7 nitrogen and oxygen atoms in total. The van der Waals surface area contributed by atoms with Gasteiger partial charge in [-0.3, -0.25) is 0 Å². The Balaban J connectivity index is 1.57. The predicted molar refractivity (Wildman–Crippen MR) is 73.1 cm³/mol. The number of nitrogens with zero attached hydrogens (tertiary/aromatic N) is 3. The predicted octanol–water partition coefficient (Wildman–Crippen LogP) is 0.532. The summed E-state index contributed by atoms with van der Waals surface area (Å²) in [6.45, 7) is 4.05. The van der Waals surface area contributed by atoms with Gasteiger partial charge in [-0.05, 0) is 25.7 Å². The van der Waals surface area contributed by atoms with E-state index in [1.54, 1.807) is 11.2 Å². The summed E-state index contributed by atoms with van der Waals surface area (Å²) in [6, 6.07) is 0. The third-order valence-corrected chi connectivity index (χ3v) is 7.10. The van der Waals surface area contributed by atoms with Crippen LogP contribution in [0.5, 0.6) is 0 Å². The molecule has 0 N–H and O–H groups in total. The van der Waals surface area contributed by atoms with Gasteiger partial charge in [0.25, 0.3) is 0 Å². The molecule has 2 aliphatic heterocycles. The van der Waals surface area contributed by atoms with Crippen LogP contribution in [0, 0.1) is 18.8 Å².